The number of hydrogen-bond acceptors (Lipinski definition) is 2. The SMILES string of the molecule is O=C(O)C1CCC(NCC2(C3CCCCC3)CCCCC2)CC1. The Morgan fingerprint density at radius 3 is 2.09 bits per heavy atom. The van der Waals surface area contributed by atoms with Crippen LogP contribution in [0.5, 0.6) is 0 Å². The predicted octanol–water partition coefficient (Wildman–Crippen LogP) is 4.75. The van der Waals surface area contributed by atoms with E-state index in [1.165, 1.54) is 70.8 Å². The van der Waals surface area contributed by atoms with Crippen LogP contribution in [0.3, 0.4) is 0 Å². The Balaban J connectivity index is 1.53. The van der Waals surface area contributed by atoms with Gasteiger partial charge in [0.2, 0.25) is 0 Å². The van der Waals surface area contributed by atoms with Crippen molar-refractivity contribution in [1.82, 2.24) is 5.32 Å². The van der Waals surface area contributed by atoms with E-state index in [-0.39, 0.29) is 5.92 Å². The zero-order chi connectivity index (χ0) is 16.1. The molecule has 0 bridgehead atoms. The van der Waals surface area contributed by atoms with E-state index in [1.54, 1.807) is 0 Å². The molecule has 23 heavy (non-hydrogen) atoms. The quantitative estimate of drug-likeness (QED) is 0.768. The lowest BCUT2D eigenvalue weighted by molar-refractivity contribution is -0.142. The van der Waals surface area contributed by atoms with Crippen LogP contribution in [0.15, 0.2) is 0 Å². The Labute approximate surface area is 141 Å². The Kier molecular flexibility index (Phi) is 6.01. The number of aliphatic carboxylic acids is 1. The summed E-state index contributed by atoms with van der Waals surface area (Å²) in [5, 5.41) is 13.0. The number of carboxylic acids is 1. The lowest BCUT2D eigenvalue weighted by atomic mass is 9.61. The van der Waals surface area contributed by atoms with Gasteiger partial charge in [0, 0.05) is 12.6 Å². The van der Waals surface area contributed by atoms with Gasteiger partial charge in [0.15, 0.2) is 0 Å². The first-order valence-corrected chi connectivity index (χ1v) is 10.2. The number of carbonyl (C=O) groups is 1. The molecule has 0 atom stereocenters. The minimum Gasteiger partial charge on any atom is -0.481 e. The summed E-state index contributed by atoms with van der Waals surface area (Å²) in [7, 11) is 0. The summed E-state index contributed by atoms with van der Waals surface area (Å²) in [5.74, 6) is 0.267. The maximum atomic E-state index is 11.1. The molecule has 0 aromatic heterocycles. The second kappa shape index (κ2) is 8.00. The van der Waals surface area contributed by atoms with Gasteiger partial charge in [-0.2, -0.15) is 0 Å². The van der Waals surface area contributed by atoms with E-state index < -0.39 is 5.97 Å². The van der Waals surface area contributed by atoms with Crippen LogP contribution < -0.4 is 5.32 Å². The van der Waals surface area contributed by atoms with Gasteiger partial charge in [-0.25, -0.2) is 0 Å². The van der Waals surface area contributed by atoms with E-state index in [4.69, 9.17) is 5.11 Å². The summed E-state index contributed by atoms with van der Waals surface area (Å²) < 4.78 is 0. The molecule has 0 spiro atoms. The van der Waals surface area contributed by atoms with Gasteiger partial charge in [0.1, 0.15) is 0 Å². The molecule has 3 heteroatoms. The van der Waals surface area contributed by atoms with Crippen molar-refractivity contribution in [3.8, 4) is 0 Å². The maximum absolute atomic E-state index is 11.1. The van der Waals surface area contributed by atoms with E-state index in [9.17, 15) is 4.79 Å². The Hall–Kier alpha value is -0.570. The van der Waals surface area contributed by atoms with Crippen LogP contribution in [-0.2, 0) is 4.79 Å². The highest BCUT2D eigenvalue weighted by Gasteiger charge is 2.40. The van der Waals surface area contributed by atoms with Crippen LogP contribution >= 0.6 is 0 Å². The topological polar surface area (TPSA) is 49.3 Å². The van der Waals surface area contributed by atoms with E-state index in [0.717, 1.165) is 31.6 Å². The minimum atomic E-state index is -0.589. The largest absolute Gasteiger partial charge is 0.481 e. The fourth-order valence-corrected chi connectivity index (χ4v) is 5.59. The van der Waals surface area contributed by atoms with Gasteiger partial charge in [0.05, 0.1) is 5.92 Å². The second-order valence-electron chi connectivity index (χ2n) is 8.53. The van der Waals surface area contributed by atoms with Crippen molar-refractivity contribution in [2.24, 2.45) is 17.3 Å². The van der Waals surface area contributed by atoms with Crippen molar-refractivity contribution in [2.45, 2.75) is 95.9 Å². The molecule has 0 radical (unpaired) electrons. The molecule has 0 heterocycles. The number of rotatable bonds is 5. The molecular weight excluding hydrogens is 286 g/mol. The van der Waals surface area contributed by atoms with Gasteiger partial charge >= 0.3 is 5.97 Å². The van der Waals surface area contributed by atoms with Crippen molar-refractivity contribution in [3.63, 3.8) is 0 Å². The van der Waals surface area contributed by atoms with Crippen molar-refractivity contribution in [1.29, 1.82) is 0 Å². The molecule has 0 aliphatic heterocycles. The summed E-state index contributed by atoms with van der Waals surface area (Å²) in [6.45, 7) is 1.19. The van der Waals surface area contributed by atoms with Crippen LogP contribution in [0.1, 0.15) is 89.9 Å². The minimum absolute atomic E-state index is 0.0879. The maximum Gasteiger partial charge on any atom is 0.306 e. The Morgan fingerprint density at radius 1 is 0.870 bits per heavy atom. The fraction of sp³-hybridized carbons (Fsp3) is 0.950. The molecule has 3 aliphatic carbocycles. The summed E-state index contributed by atoms with van der Waals surface area (Å²) in [5.41, 5.74) is 0.558. The third-order valence-corrected chi connectivity index (χ3v) is 7.14. The van der Waals surface area contributed by atoms with E-state index in [1.807, 2.05) is 0 Å². The van der Waals surface area contributed by atoms with E-state index in [2.05, 4.69) is 5.32 Å². The van der Waals surface area contributed by atoms with Gasteiger partial charge in [-0.15, -0.1) is 0 Å². The number of hydrogen-bond donors (Lipinski definition) is 2. The summed E-state index contributed by atoms with van der Waals surface area (Å²) in [6, 6.07) is 0.563. The van der Waals surface area contributed by atoms with E-state index in [0.29, 0.717) is 11.5 Å². The lowest BCUT2D eigenvalue weighted by Crippen LogP contribution is -2.46. The molecule has 3 saturated carbocycles. The predicted molar refractivity (Wildman–Crippen MR) is 93.5 cm³/mol. The summed E-state index contributed by atoms with van der Waals surface area (Å²) >= 11 is 0. The van der Waals surface area contributed by atoms with Crippen LogP contribution in [-0.4, -0.2) is 23.7 Å². The average Bonchev–Trinajstić information content (AvgIpc) is 2.62. The number of carboxylic acid groups (broad SMARTS) is 1. The first kappa shape index (κ1) is 17.3. The standard InChI is InChI=1S/C20H35NO2/c22-19(23)16-9-11-18(12-10-16)21-15-20(13-5-2-6-14-20)17-7-3-1-4-8-17/h16-18,21H,1-15H2,(H,22,23). The van der Waals surface area contributed by atoms with Gasteiger partial charge < -0.3 is 10.4 Å². The molecule has 3 aliphatic rings. The summed E-state index contributed by atoms with van der Waals surface area (Å²) in [4.78, 5) is 11.1. The molecule has 2 N–H and O–H groups in total. The van der Waals surface area contributed by atoms with Crippen molar-refractivity contribution in [3.05, 3.63) is 0 Å². The molecular formula is C20H35NO2. The van der Waals surface area contributed by atoms with Crippen LogP contribution in [0.4, 0.5) is 0 Å². The molecule has 0 amide bonds. The smallest absolute Gasteiger partial charge is 0.306 e. The third kappa shape index (κ3) is 4.29. The fourth-order valence-electron chi connectivity index (χ4n) is 5.59. The zero-order valence-corrected chi connectivity index (χ0v) is 14.7. The molecule has 0 saturated heterocycles. The van der Waals surface area contributed by atoms with Crippen molar-refractivity contribution < 1.29 is 9.90 Å². The Bertz CT molecular complexity index is 375. The average molecular weight is 322 g/mol. The van der Waals surface area contributed by atoms with Gasteiger partial charge in [-0.1, -0.05) is 38.5 Å². The van der Waals surface area contributed by atoms with Crippen LogP contribution in [0, 0.1) is 17.3 Å². The number of nitrogens with one attached hydrogen (secondary N) is 1. The molecule has 3 fully saturated rings. The zero-order valence-electron chi connectivity index (χ0n) is 14.7. The monoisotopic (exact) mass is 321 g/mol. The van der Waals surface area contributed by atoms with Gasteiger partial charge in [-0.05, 0) is 62.7 Å². The molecule has 0 aromatic rings. The second-order valence-corrected chi connectivity index (χ2v) is 8.53. The molecule has 0 aromatic carbocycles. The normalized spacial score (nSPS) is 32.5. The highest BCUT2D eigenvalue weighted by Crippen LogP contribution is 2.48. The highest BCUT2D eigenvalue weighted by molar-refractivity contribution is 5.70. The van der Waals surface area contributed by atoms with E-state index >= 15 is 0 Å². The molecule has 132 valence electrons. The highest BCUT2D eigenvalue weighted by atomic mass is 16.4. The summed E-state index contributed by atoms with van der Waals surface area (Å²) in [6.07, 6.45) is 18.2. The molecule has 3 rings (SSSR count). The lowest BCUT2D eigenvalue weighted by Gasteiger charge is -2.46. The van der Waals surface area contributed by atoms with Crippen molar-refractivity contribution >= 4 is 5.97 Å². The first-order chi connectivity index (χ1) is 11.2. The molecule has 3 nitrogen and oxygen atoms in total. The molecule has 0 unspecified atom stereocenters. The van der Waals surface area contributed by atoms with Gasteiger partial charge in [-0.3, -0.25) is 4.79 Å². The van der Waals surface area contributed by atoms with Gasteiger partial charge in [0.25, 0.3) is 0 Å². The first-order valence-electron chi connectivity index (χ1n) is 10.2. The van der Waals surface area contributed by atoms with Crippen LogP contribution in [0.2, 0.25) is 0 Å². The van der Waals surface area contributed by atoms with Crippen LogP contribution in [0.25, 0.3) is 0 Å². The Morgan fingerprint density at radius 2 is 1.48 bits per heavy atom. The third-order valence-electron chi connectivity index (χ3n) is 7.14. The van der Waals surface area contributed by atoms with Crippen molar-refractivity contribution in [2.75, 3.05) is 6.54 Å².